The van der Waals surface area contributed by atoms with Crippen LogP contribution in [0, 0.1) is 11.8 Å². The topological polar surface area (TPSA) is 68.0 Å². The van der Waals surface area contributed by atoms with Gasteiger partial charge >= 0.3 is 0 Å². The van der Waals surface area contributed by atoms with Crippen LogP contribution < -0.4 is 11.1 Å². The molecule has 0 aliphatic heterocycles. The van der Waals surface area contributed by atoms with E-state index >= 15 is 0 Å². The Bertz CT molecular complexity index is 419. The second kappa shape index (κ2) is 5.85. The molecule has 1 aromatic heterocycles. The van der Waals surface area contributed by atoms with Crippen molar-refractivity contribution in [2.45, 2.75) is 32.6 Å². The molecule has 4 nitrogen and oxygen atoms in total. The fraction of sp³-hybridized carbons (Fsp3) is 0.571. The van der Waals surface area contributed by atoms with E-state index in [9.17, 15) is 4.79 Å². The Morgan fingerprint density at radius 3 is 3.00 bits per heavy atom. The van der Waals surface area contributed by atoms with Crippen molar-refractivity contribution in [1.82, 2.24) is 10.3 Å². The number of anilines is 1. The molecule has 0 aromatic carbocycles. The summed E-state index contributed by atoms with van der Waals surface area (Å²) in [5.41, 5.74) is 6.16. The van der Waals surface area contributed by atoms with Gasteiger partial charge in [0.2, 0.25) is 0 Å². The van der Waals surface area contributed by atoms with Crippen molar-refractivity contribution in [2.24, 2.45) is 11.8 Å². The van der Waals surface area contributed by atoms with E-state index in [0.717, 1.165) is 6.54 Å². The van der Waals surface area contributed by atoms with Gasteiger partial charge in [0.25, 0.3) is 5.91 Å². The van der Waals surface area contributed by atoms with Gasteiger partial charge in [-0.3, -0.25) is 4.79 Å². The van der Waals surface area contributed by atoms with Gasteiger partial charge in [-0.25, -0.2) is 4.98 Å². The fourth-order valence-electron chi connectivity index (χ4n) is 2.62. The SMILES string of the molecule is CC1CCCCC1CNC(=O)c1cccnc1N. The van der Waals surface area contributed by atoms with Gasteiger partial charge in [-0.2, -0.15) is 0 Å². The summed E-state index contributed by atoms with van der Waals surface area (Å²) in [7, 11) is 0. The predicted octanol–water partition coefficient (Wildman–Crippen LogP) is 2.22. The second-order valence-corrected chi connectivity index (χ2v) is 5.17. The highest BCUT2D eigenvalue weighted by atomic mass is 16.1. The summed E-state index contributed by atoms with van der Waals surface area (Å²) in [4.78, 5) is 15.9. The molecular weight excluding hydrogens is 226 g/mol. The third kappa shape index (κ3) is 3.00. The van der Waals surface area contributed by atoms with Gasteiger partial charge in [0, 0.05) is 12.7 Å². The number of amides is 1. The molecule has 1 fully saturated rings. The van der Waals surface area contributed by atoms with Crippen molar-refractivity contribution in [3.8, 4) is 0 Å². The molecular formula is C14H21N3O. The number of carbonyl (C=O) groups is 1. The van der Waals surface area contributed by atoms with E-state index in [1.54, 1.807) is 18.3 Å². The fourth-order valence-corrected chi connectivity index (χ4v) is 2.62. The number of nitrogens with two attached hydrogens (primary N) is 1. The zero-order valence-electron chi connectivity index (χ0n) is 10.9. The molecule has 1 amide bonds. The van der Waals surface area contributed by atoms with E-state index in [1.165, 1.54) is 25.7 Å². The Balaban J connectivity index is 1.90. The van der Waals surface area contributed by atoms with Gasteiger partial charge < -0.3 is 11.1 Å². The van der Waals surface area contributed by atoms with Gasteiger partial charge in [0.15, 0.2) is 0 Å². The second-order valence-electron chi connectivity index (χ2n) is 5.17. The van der Waals surface area contributed by atoms with E-state index in [0.29, 0.717) is 23.2 Å². The van der Waals surface area contributed by atoms with Crippen LogP contribution in [0.3, 0.4) is 0 Å². The number of pyridine rings is 1. The molecule has 2 atom stereocenters. The standard InChI is InChI=1S/C14H21N3O/c1-10-5-2-3-6-11(10)9-17-14(18)12-7-4-8-16-13(12)15/h4,7-8,10-11H,2-3,5-6,9H2,1H3,(H2,15,16)(H,17,18). The van der Waals surface area contributed by atoms with Crippen LogP contribution in [0.1, 0.15) is 43.0 Å². The Kier molecular flexibility index (Phi) is 4.18. The summed E-state index contributed by atoms with van der Waals surface area (Å²) in [5.74, 6) is 1.48. The lowest BCUT2D eigenvalue weighted by Crippen LogP contribution is -2.33. The number of carbonyl (C=O) groups excluding carboxylic acids is 1. The normalized spacial score (nSPS) is 23.6. The van der Waals surface area contributed by atoms with E-state index in [1.807, 2.05) is 0 Å². The molecule has 18 heavy (non-hydrogen) atoms. The van der Waals surface area contributed by atoms with Crippen molar-refractivity contribution in [2.75, 3.05) is 12.3 Å². The maximum Gasteiger partial charge on any atom is 0.255 e. The molecule has 4 heteroatoms. The summed E-state index contributed by atoms with van der Waals surface area (Å²) in [6.07, 6.45) is 6.68. The summed E-state index contributed by atoms with van der Waals surface area (Å²) in [5, 5.41) is 2.98. The van der Waals surface area contributed by atoms with Crippen molar-refractivity contribution < 1.29 is 4.79 Å². The van der Waals surface area contributed by atoms with E-state index < -0.39 is 0 Å². The highest BCUT2D eigenvalue weighted by Gasteiger charge is 2.22. The number of nitrogen functional groups attached to an aromatic ring is 1. The smallest absolute Gasteiger partial charge is 0.255 e. The molecule has 0 radical (unpaired) electrons. The monoisotopic (exact) mass is 247 g/mol. The zero-order chi connectivity index (χ0) is 13.0. The summed E-state index contributed by atoms with van der Waals surface area (Å²) in [6.45, 7) is 3.02. The van der Waals surface area contributed by atoms with E-state index in [4.69, 9.17) is 5.73 Å². The lowest BCUT2D eigenvalue weighted by atomic mass is 9.80. The first kappa shape index (κ1) is 12.9. The summed E-state index contributed by atoms with van der Waals surface area (Å²) in [6, 6.07) is 3.44. The van der Waals surface area contributed by atoms with E-state index in [-0.39, 0.29) is 5.91 Å². The molecule has 2 rings (SSSR count). The maximum atomic E-state index is 12.0. The zero-order valence-corrected chi connectivity index (χ0v) is 10.9. The van der Waals surface area contributed by atoms with Crippen LogP contribution in [-0.2, 0) is 0 Å². The van der Waals surface area contributed by atoms with Gasteiger partial charge in [-0.1, -0.05) is 26.2 Å². The molecule has 1 aliphatic carbocycles. The molecule has 2 unspecified atom stereocenters. The van der Waals surface area contributed by atoms with Crippen LogP contribution in [-0.4, -0.2) is 17.4 Å². The molecule has 98 valence electrons. The highest BCUT2D eigenvalue weighted by Crippen LogP contribution is 2.28. The van der Waals surface area contributed by atoms with Crippen molar-refractivity contribution in [3.63, 3.8) is 0 Å². The molecule has 0 spiro atoms. The number of hydrogen-bond acceptors (Lipinski definition) is 3. The lowest BCUT2D eigenvalue weighted by molar-refractivity contribution is 0.0937. The molecule has 1 aliphatic rings. The first-order valence-electron chi connectivity index (χ1n) is 6.67. The van der Waals surface area contributed by atoms with Crippen LogP contribution in [0.4, 0.5) is 5.82 Å². The minimum absolute atomic E-state index is 0.113. The third-order valence-electron chi connectivity index (χ3n) is 3.90. The summed E-state index contributed by atoms with van der Waals surface area (Å²) >= 11 is 0. The Morgan fingerprint density at radius 2 is 2.28 bits per heavy atom. The maximum absolute atomic E-state index is 12.0. The molecule has 0 saturated heterocycles. The molecule has 1 saturated carbocycles. The number of rotatable bonds is 3. The number of hydrogen-bond donors (Lipinski definition) is 2. The van der Waals surface area contributed by atoms with Crippen LogP contribution >= 0.6 is 0 Å². The minimum atomic E-state index is -0.113. The first-order chi connectivity index (χ1) is 8.68. The Labute approximate surface area is 108 Å². The Morgan fingerprint density at radius 1 is 1.50 bits per heavy atom. The van der Waals surface area contributed by atoms with Crippen molar-refractivity contribution in [3.05, 3.63) is 23.9 Å². The molecule has 1 aromatic rings. The average Bonchev–Trinajstić information content (AvgIpc) is 2.38. The van der Waals surface area contributed by atoms with Crippen LogP contribution in [0.25, 0.3) is 0 Å². The number of aromatic nitrogens is 1. The predicted molar refractivity (Wildman–Crippen MR) is 72.1 cm³/mol. The van der Waals surface area contributed by atoms with Crippen molar-refractivity contribution >= 4 is 11.7 Å². The molecule has 1 heterocycles. The van der Waals surface area contributed by atoms with Crippen LogP contribution in [0.15, 0.2) is 18.3 Å². The quantitative estimate of drug-likeness (QED) is 0.860. The molecule has 0 bridgehead atoms. The first-order valence-corrected chi connectivity index (χ1v) is 6.67. The minimum Gasteiger partial charge on any atom is -0.383 e. The molecule has 3 N–H and O–H groups in total. The highest BCUT2D eigenvalue weighted by molar-refractivity contribution is 5.98. The average molecular weight is 247 g/mol. The number of nitrogens with zero attached hydrogens (tertiary/aromatic N) is 1. The van der Waals surface area contributed by atoms with Crippen LogP contribution in [0.5, 0.6) is 0 Å². The van der Waals surface area contributed by atoms with Gasteiger partial charge in [0.05, 0.1) is 5.56 Å². The van der Waals surface area contributed by atoms with Gasteiger partial charge in [0.1, 0.15) is 5.82 Å². The number of nitrogens with one attached hydrogen (secondary N) is 1. The van der Waals surface area contributed by atoms with Gasteiger partial charge in [-0.05, 0) is 30.4 Å². The van der Waals surface area contributed by atoms with Crippen molar-refractivity contribution in [1.29, 1.82) is 0 Å². The third-order valence-corrected chi connectivity index (χ3v) is 3.90. The van der Waals surface area contributed by atoms with Crippen LogP contribution in [0.2, 0.25) is 0 Å². The Hall–Kier alpha value is -1.58. The lowest BCUT2D eigenvalue weighted by Gasteiger charge is -2.28. The summed E-state index contributed by atoms with van der Waals surface area (Å²) < 4.78 is 0. The van der Waals surface area contributed by atoms with Gasteiger partial charge in [-0.15, -0.1) is 0 Å². The van der Waals surface area contributed by atoms with E-state index in [2.05, 4.69) is 17.2 Å². The largest absolute Gasteiger partial charge is 0.383 e.